The number of H-pyrrole nitrogens is 2. The number of carbonyl (C=O) groups is 5. The van der Waals surface area contributed by atoms with Crippen molar-refractivity contribution in [3.05, 3.63) is 72.1 Å². The highest BCUT2D eigenvalue weighted by molar-refractivity contribution is 5.96. The van der Waals surface area contributed by atoms with Crippen LogP contribution in [-0.4, -0.2) is 68.8 Å². The quantitative estimate of drug-likeness (QED) is 0.0972. The van der Waals surface area contributed by atoms with Crippen molar-refractivity contribution in [1.29, 1.82) is 0 Å². The van der Waals surface area contributed by atoms with Crippen LogP contribution in [0.4, 0.5) is 0 Å². The lowest BCUT2D eigenvalue weighted by atomic mass is 9.99. The van der Waals surface area contributed by atoms with Gasteiger partial charge in [0, 0.05) is 40.6 Å². The van der Waals surface area contributed by atoms with Gasteiger partial charge in [-0.15, -0.1) is 0 Å². The Morgan fingerprint density at radius 3 is 1.76 bits per heavy atom. The van der Waals surface area contributed by atoms with Gasteiger partial charge in [-0.2, -0.15) is 0 Å². The summed E-state index contributed by atoms with van der Waals surface area (Å²) in [5.41, 5.74) is 14.8. The molecule has 2 aromatic carbocycles. The van der Waals surface area contributed by atoms with Crippen LogP contribution in [0.15, 0.2) is 60.9 Å². The number of carboxylic acid groups (broad SMARTS) is 1. The highest BCUT2D eigenvalue weighted by Gasteiger charge is 2.32. The second kappa shape index (κ2) is 14.5. The van der Waals surface area contributed by atoms with E-state index in [0.29, 0.717) is 0 Å². The second-order valence-corrected chi connectivity index (χ2v) is 11.6. The molecule has 4 rings (SSSR count). The third kappa shape index (κ3) is 8.48. The fourth-order valence-corrected chi connectivity index (χ4v) is 5.29. The zero-order chi connectivity index (χ0) is 32.7. The minimum atomic E-state index is -1.56. The van der Waals surface area contributed by atoms with Crippen LogP contribution in [0.3, 0.4) is 0 Å². The van der Waals surface area contributed by atoms with Crippen molar-refractivity contribution in [3.8, 4) is 0 Å². The van der Waals surface area contributed by atoms with Crippen LogP contribution in [-0.2, 0) is 36.8 Å². The predicted octanol–water partition coefficient (Wildman–Crippen LogP) is 1.22. The Balaban J connectivity index is 1.55. The smallest absolute Gasteiger partial charge is 0.326 e. The summed E-state index contributed by atoms with van der Waals surface area (Å²) in [6.45, 7) is 3.67. The van der Waals surface area contributed by atoms with Gasteiger partial charge in [0.2, 0.25) is 23.6 Å². The summed E-state index contributed by atoms with van der Waals surface area (Å²) in [4.78, 5) is 69.7. The first kappa shape index (κ1) is 32.7. The second-order valence-electron chi connectivity index (χ2n) is 11.6. The summed E-state index contributed by atoms with van der Waals surface area (Å²) in [5.74, 6) is -4.43. The number of benzene rings is 2. The van der Waals surface area contributed by atoms with E-state index >= 15 is 0 Å². The third-order valence-electron chi connectivity index (χ3n) is 7.54. The highest BCUT2D eigenvalue weighted by atomic mass is 16.4. The van der Waals surface area contributed by atoms with E-state index in [1.807, 2.05) is 62.4 Å². The molecule has 0 bridgehead atoms. The first-order valence-electron chi connectivity index (χ1n) is 14.7. The van der Waals surface area contributed by atoms with E-state index in [2.05, 4.69) is 25.9 Å². The molecule has 0 aliphatic rings. The van der Waals surface area contributed by atoms with Crippen LogP contribution in [0, 0.1) is 5.92 Å². The predicted molar refractivity (Wildman–Crippen MR) is 169 cm³/mol. The van der Waals surface area contributed by atoms with Crippen molar-refractivity contribution >= 4 is 51.4 Å². The third-order valence-corrected chi connectivity index (χ3v) is 7.54. The normalized spacial score (nSPS) is 14.0. The van der Waals surface area contributed by atoms with Gasteiger partial charge in [0.1, 0.15) is 18.1 Å². The molecule has 4 amide bonds. The van der Waals surface area contributed by atoms with Crippen molar-refractivity contribution in [3.63, 3.8) is 0 Å². The van der Waals surface area contributed by atoms with Crippen LogP contribution < -0.4 is 27.4 Å². The molecule has 0 radical (unpaired) electrons. The number of fused-ring (bicyclic) bond motifs is 2. The molecule has 0 aliphatic heterocycles. The Labute approximate surface area is 259 Å². The monoisotopic (exact) mass is 617 g/mol. The summed E-state index contributed by atoms with van der Waals surface area (Å²) in [5, 5.41) is 19.0. The van der Waals surface area contributed by atoms with Gasteiger partial charge in [0.15, 0.2) is 0 Å². The van der Waals surface area contributed by atoms with Gasteiger partial charge < -0.3 is 42.5 Å². The Hall–Kier alpha value is -5.17. The lowest BCUT2D eigenvalue weighted by molar-refractivity contribution is -0.143. The number of amides is 4. The molecule has 13 heteroatoms. The molecule has 2 heterocycles. The molecule has 4 aromatic rings. The fraction of sp³-hybridized carbons (Fsp3) is 0.344. The minimum absolute atomic E-state index is 0.0771. The van der Waals surface area contributed by atoms with E-state index in [-0.39, 0.29) is 25.2 Å². The van der Waals surface area contributed by atoms with Gasteiger partial charge in [-0.25, -0.2) is 4.79 Å². The Morgan fingerprint density at radius 2 is 1.22 bits per heavy atom. The van der Waals surface area contributed by atoms with Crippen molar-refractivity contribution in [2.24, 2.45) is 17.4 Å². The Kier molecular flexibility index (Phi) is 10.6. The van der Waals surface area contributed by atoms with Crippen LogP contribution in [0.2, 0.25) is 0 Å². The molecule has 0 saturated carbocycles. The van der Waals surface area contributed by atoms with E-state index in [1.54, 1.807) is 12.4 Å². The number of hydrogen-bond donors (Lipinski definition) is 8. The molecule has 0 spiro atoms. The number of aromatic amines is 2. The molecular formula is C32H39N7O6. The SMILES string of the molecule is CC(C)C[C@H](NC(=O)[C@H](Cc1c[nH]c2ccccc12)NC(=O)[C@@H](N)Cc1c[nH]c2ccccc12)C(=O)N[C@@H](CC(N)=O)C(=O)O. The number of nitrogens with two attached hydrogens (primary N) is 2. The molecule has 0 saturated heterocycles. The van der Waals surface area contributed by atoms with E-state index in [1.165, 1.54) is 0 Å². The molecule has 2 aromatic heterocycles. The van der Waals surface area contributed by atoms with Crippen molar-refractivity contribution < 1.29 is 29.1 Å². The summed E-state index contributed by atoms with van der Waals surface area (Å²) in [7, 11) is 0. The summed E-state index contributed by atoms with van der Waals surface area (Å²) in [6, 6.07) is 10.3. The van der Waals surface area contributed by atoms with Crippen molar-refractivity contribution in [2.75, 3.05) is 0 Å². The molecule has 0 aliphatic carbocycles. The number of aliphatic carboxylic acids is 1. The van der Waals surface area contributed by atoms with E-state index in [4.69, 9.17) is 11.5 Å². The Bertz CT molecular complexity index is 1690. The maximum atomic E-state index is 13.8. The number of carbonyl (C=O) groups excluding carboxylic acids is 4. The van der Waals surface area contributed by atoms with Gasteiger partial charge in [-0.1, -0.05) is 50.2 Å². The zero-order valence-corrected chi connectivity index (χ0v) is 25.1. The molecule has 0 fully saturated rings. The van der Waals surface area contributed by atoms with Crippen molar-refractivity contribution in [1.82, 2.24) is 25.9 Å². The zero-order valence-electron chi connectivity index (χ0n) is 25.1. The fourth-order valence-electron chi connectivity index (χ4n) is 5.29. The molecule has 13 nitrogen and oxygen atoms in total. The van der Waals surface area contributed by atoms with Gasteiger partial charge in [0.05, 0.1) is 12.5 Å². The minimum Gasteiger partial charge on any atom is -0.480 e. The van der Waals surface area contributed by atoms with Gasteiger partial charge in [0.25, 0.3) is 0 Å². The van der Waals surface area contributed by atoms with Gasteiger partial charge in [-0.05, 0) is 42.0 Å². The molecular weight excluding hydrogens is 578 g/mol. The van der Waals surface area contributed by atoms with Gasteiger partial charge >= 0.3 is 5.97 Å². The largest absolute Gasteiger partial charge is 0.480 e. The summed E-state index contributed by atoms with van der Waals surface area (Å²) < 4.78 is 0. The van der Waals surface area contributed by atoms with E-state index < -0.39 is 60.2 Å². The number of carboxylic acids is 1. The van der Waals surface area contributed by atoms with Crippen LogP contribution in [0.5, 0.6) is 0 Å². The van der Waals surface area contributed by atoms with E-state index in [0.717, 1.165) is 32.9 Å². The van der Waals surface area contributed by atoms with Gasteiger partial charge in [-0.3, -0.25) is 19.2 Å². The molecule has 238 valence electrons. The molecule has 4 atom stereocenters. The maximum Gasteiger partial charge on any atom is 0.326 e. The van der Waals surface area contributed by atoms with Crippen LogP contribution in [0.25, 0.3) is 21.8 Å². The lowest BCUT2D eigenvalue weighted by Gasteiger charge is -2.26. The number of para-hydroxylation sites is 2. The van der Waals surface area contributed by atoms with Crippen LogP contribution >= 0.6 is 0 Å². The molecule has 0 unspecified atom stereocenters. The number of nitrogens with one attached hydrogen (secondary N) is 5. The topological polar surface area (TPSA) is 225 Å². The summed E-state index contributed by atoms with van der Waals surface area (Å²) >= 11 is 0. The van der Waals surface area contributed by atoms with Crippen LogP contribution in [0.1, 0.15) is 37.8 Å². The average molecular weight is 618 g/mol. The first-order chi connectivity index (χ1) is 21.4. The Morgan fingerprint density at radius 1 is 0.733 bits per heavy atom. The highest BCUT2D eigenvalue weighted by Crippen LogP contribution is 2.21. The number of hydrogen-bond acceptors (Lipinski definition) is 6. The first-order valence-corrected chi connectivity index (χ1v) is 14.7. The maximum absolute atomic E-state index is 13.8. The summed E-state index contributed by atoms with van der Waals surface area (Å²) in [6.07, 6.45) is 3.39. The van der Waals surface area contributed by atoms with Crippen molar-refractivity contribution in [2.45, 2.75) is 63.7 Å². The average Bonchev–Trinajstić information content (AvgIpc) is 3.59. The number of aromatic nitrogens is 2. The molecule has 45 heavy (non-hydrogen) atoms. The molecule has 10 N–H and O–H groups in total. The standard InChI is InChI=1S/C32H39N7O6/c1-17(2)11-25(30(42)39-27(32(44)45)14-28(34)40)38-31(43)26(13-19-16-36-24-10-6-4-8-21(19)24)37-29(41)22(33)12-18-15-35-23-9-5-3-7-20(18)23/h3-10,15-17,22,25-27,35-36H,11-14,33H2,1-2H3,(H2,34,40)(H,37,41)(H,38,43)(H,39,42)(H,44,45)/t22-,25-,26-,27-/m0/s1. The number of primary amides is 1. The number of rotatable bonds is 15. The lowest BCUT2D eigenvalue weighted by Crippen LogP contribution is -2.58. The van der Waals surface area contributed by atoms with E-state index in [9.17, 15) is 29.1 Å².